The van der Waals surface area contributed by atoms with E-state index in [-0.39, 0.29) is 11.6 Å². The number of carbonyl (C=O) groups is 1. The van der Waals surface area contributed by atoms with Crippen molar-refractivity contribution < 1.29 is 9.18 Å². The molecule has 0 saturated carbocycles. The van der Waals surface area contributed by atoms with E-state index in [0.29, 0.717) is 13.0 Å². The second-order valence-electron chi connectivity index (χ2n) is 4.59. The number of halogens is 1. The van der Waals surface area contributed by atoms with Gasteiger partial charge in [-0.2, -0.15) is 0 Å². The highest BCUT2D eigenvalue weighted by Gasteiger charge is 2.03. The van der Waals surface area contributed by atoms with E-state index in [2.05, 4.69) is 10.3 Å². The summed E-state index contributed by atoms with van der Waals surface area (Å²) in [6, 6.07) is 6.32. The molecule has 0 saturated heterocycles. The van der Waals surface area contributed by atoms with Crippen molar-refractivity contribution in [3.63, 3.8) is 0 Å². The summed E-state index contributed by atoms with van der Waals surface area (Å²) in [6.07, 6.45) is 3.99. The minimum Gasteiger partial charge on any atom is -0.300 e. The number of hydrogen-bond donors (Lipinski definition) is 0. The van der Waals surface area contributed by atoms with Crippen LogP contribution in [0.25, 0.3) is 0 Å². The Labute approximate surface area is 111 Å². The molecule has 0 unspecified atom stereocenters. The maximum Gasteiger partial charge on any atom is 0.129 e. The summed E-state index contributed by atoms with van der Waals surface area (Å²) >= 11 is 0. The molecule has 0 amide bonds. The van der Waals surface area contributed by atoms with Gasteiger partial charge >= 0.3 is 0 Å². The van der Waals surface area contributed by atoms with Crippen LogP contribution in [0.3, 0.4) is 0 Å². The van der Waals surface area contributed by atoms with Gasteiger partial charge in [-0.15, -0.1) is 5.10 Å². The zero-order chi connectivity index (χ0) is 13.7. The van der Waals surface area contributed by atoms with Crippen molar-refractivity contribution in [3.8, 4) is 0 Å². The molecule has 0 N–H and O–H groups in total. The van der Waals surface area contributed by atoms with Crippen LogP contribution in [-0.4, -0.2) is 20.8 Å². The van der Waals surface area contributed by atoms with Crippen molar-refractivity contribution in [2.75, 3.05) is 0 Å². The quantitative estimate of drug-likeness (QED) is 0.802. The number of Topliss-reactive ketones (excluding diaryl/α,β-unsaturated/α-hetero) is 1. The lowest BCUT2D eigenvalue weighted by Gasteiger charge is -2.00. The SMILES string of the molecule is CC(=O)CCCc1cn(Cc2ccc(F)cc2)nn1. The molecule has 100 valence electrons. The van der Waals surface area contributed by atoms with E-state index in [1.54, 1.807) is 23.7 Å². The molecule has 1 aromatic heterocycles. The Hall–Kier alpha value is -2.04. The van der Waals surface area contributed by atoms with Crippen molar-refractivity contribution in [3.05, 3.63) is 47.5 Å². The highest BCUT2D eigenvalue weighted by Crippen LogP contribution is 2.06. The summed E-state index contributed by atoms with van der Waals surface area (Å²) in [5, 5.41) is 8.07. The molecular formula is C14H16FN3O. The average Bonchev–Trinajstić information content (AvgIpc) is 2.79. The van der Waals surface area contributed by atoms with Gasteiger partial charge in [-0.25, -0.2) is 9.07 Å². The molecule has 0 aliphatic heterocycles. The van der Waals surface area contributed by atoms with Crippen molar-refractivity contribution in [1.29, 1.82) is 0 Å². The minimum absolute atomic E-state index is 0.193. The maximum atomic E-state index is 12.8. The molecule has 5 heteroatoms. The predicted molar refractivity (Wildman–Crippen MR) is 69.1 cm³/mol. The molecule has 0 aliphatic rings. The number of carbonyl (C=O) groups excluding carboxylic acids is 1. The van der Waals surface area contributed by atoms with E-state index >= 15 is 0 Å². The number of nitrogens with zero attached hydrogens (tertiary/aromatic N) is 3. The molecule has 2 aromatic rings. The Morgan fingerprint density at radius 3 is 2.74 bits per heavy atom. The van der Waals surface area contributed by atoms with Gasteiger partial charge in [-0.1, -0.05) is 17.3 Å². The molecular weight excluding hydrogens is 245 g/mol. The van der Waals surface area contributed by atoms with Crippen LogP contribution in [-0.2, 0) is 17.8 Å². The summed E-state index contributed by atoms with van der Waals surface area (Å²) in [6.45, 7) is 2.16. The van der Waals surface area contributed by atoms with Gasteiger partial charge in [-0.3, -0.25) is 0 Å². The first kappa shape index (κ1) is 13.4. The standard InChI is InChI=1S/C14H16FN3O/c1-11(19)3-2-4-14-10-18(17-16-14)9-12-5-7-13(15)8-6-12/h5-8,10H,2-4,9H2,1H3. The molecule has 1 aromatic carbocycles. The van der Waals surface area contributed by atoms with Crippen molar-refractivity contribution in [2.24, 2.45) is 0 Å². The van der Waals surface area contributed by atoms with E-state index in [4.69, 9.17) is 0 Å². The lowest BCUT2D eigenvalue weighted by Crippen LogP contribution is -2.00. The third-order valence-electron chi connectivity index (χ3n) is 2.81. The zero-order valence-electron chi connectivity index (χ0n) is 10.8. The highest BCUT2D eigenvalue weighted by molar-refractivity contribution is 5.75. The molecule has 2 rings (SSSR count). The van der Waals surface area contributed by atoms with Gasteiger partial charge in [0.2, 0.25) is 0 Å². The summed E-state index contributed by atoms with van der Waals surface area (Å²) in [7, 11) is 0. The second-order valence-corrected chi connectivity index (χ2v) is 4.59. The maximum absolute atomic E-state index is 12.8. The largest absolute Gasteiger partial charge is 0.300 e. The monoisotopic (exact) mass is 261 g/mol. The van der Waals surface area contributed by atoms with Crippen LogP contribution in [0.4, 0.5) is 4.39 Å². The molecule has 0 bridgehead atoms. The second kappa shape index (κ2) is 6.22. The third kappa shape index (κ3) is 4.28. The number of benzene rings is 1. The average molecular weight is 261 g/mol. The lowest BCUT2D eigenvalue weighted by atomic mass is 10.1. The minimum atomic E-state index is -0.243. The molecule has 0 fully saturated rings. The van der Waals surface area contributed by atoms with Gasteiger partial charge in [0.25, 0.3) is 0 Å². The first-order valence-corrected chi connectivity index (χ1v) is 6.26. The first-order chi connectivity index (χ1) is 9.13. The fourth-order valence-electron chi connectivity index (χ4n) is 1.83. The van der Waals surface area contributed by atoms with Gasteiger partial charge in [-0.05, 0) is 37.5 Å². The van der Waals surface area contributed by atoms with Gasteiger partial charge in [0.15, 0.2) is 0 Å². The number of rotatable bonds is 6. The third-order valence-corrected chi connectivity index (χ3v) is 2.81. The molecule has 19 heavy (non-hydrogen) atoms. The summed E-state index contributed by atoms with van der Waals surface area (Å²) in [4.78, 5) is 10.8. The van der Waals surface area contributed by atoms with E-state index in [9.17, 15) is 9.18 Å². The summed E-state index contributed by atoms with van der Waals surface area (Å²) in [5.41, 5.74) is 1.85. The van der Waals surface area contributed by atoms with E-state index in [0.717, 1.165) is 24.1 Å². The van der Waals surface area contributed by atoms with Crippen LogP contribution in [0.2, 0.25) is 0 Å². The predicted octanol–water partition coefficient (Wildman–Crippen LogP) is 2.38. The van der Waals surface area contributed by atoms with Crippen molar-refractivity contribution in [2.45, 2.75) is 32.7 Å². The molecule has 1 heterocycles. The van der Waals surface area contributed by atoms with E-state index in [1.807, 2.05) is 6.20 Å². The van der Waals surface area contributed by atoms with Crippen LogP contribution in [0.1, 0.15) is 31.0 Å². The normalized spacial score (nSPS) is 10.6. The fraction of sp³-hybridized carbons (Fsp3) is 0.357. The van der Waals surface area contributed by atoms with Crippen LogP contribution in [0.5, 0.6) is 0 Å². The van der Waals surface area contributed by atoms with Crippen LogP contribution < -0.4 is 0 Å². The fourth-order valence-corrected chi connectivity index (χ4v) is 1.83. The highest BCUT2D eigenvalue weighted by atomic mass is 19.1. The van der Waals surface area contributed by atoms with Gasteiger partial charge in [0, 0.05) is 12.6 Å². The zero-order valence-corrected chi connectivity index (χ0v) is 10.8. The summed E-state index contributed by atoms with van der Waals surface area (Å²) < 4.78 is 14.5. The Morgan fingerprint density at radius 1 is 1.32 bits per heavy atom. The summed E-state index contributed by atoms with van der Waals surface area (Å²) in [5.74, 6) is -0.0500. The Bertz CT molecular complexity index is 548. The molecule has 0 spiro atoms. The van der Waals surface area contributed by atoms with Crippen LogP contribution in [0, 0.1) is 5.82 Å². The van der Waals surface area contributed by atoms with Gasteiger partial charge in [0.1, 0.15) is 11.6 Å². The van der Waals surface area contributed by atoms with Crippen LogP contribution in [0.15, 0.2) is 30.5 Å². The number of hydrogen-bond acceptors (Lipinski definition) is 3. The van der Waals surface area contributed by atoms with Gasteiger partial charge < -0.3 is 4.79 Å². The Morgan fingerprint density at radius 2 is 2.05 bits per heavy atom. The topological polar surface area (TPSA) is 47.8 Å². The van der Waals surface area contributed by atoms with Crippen LogP contribution >= 0.6 is 0 Å². The molecule has 0 aliphatic carbocycles. The number of aryl methyl sites for hydroxylation is 1. The smallest absolute Gasteiger partial charge is 0.129 e. The van der Waals surface area contributed by atoms with Crippen molar-refractivity contribution >= 4 is 5.78 Å². The van der Waals surface area contributed by atoms with E-state index < -0.39 is 0 Å². The lowest BCUT2D eigenvalue weighted by molar-refractivity contribution is -0.117. The van der Waals surface area contributed by atoms with Gasteiger partial charge in [0.05, 0.1) is 12.2 Å². The first-order valence-electron chi connectivity index (χ1n) is 6.26. The molecule has 0 atom stereocenters. The number of ketones is 1. The van der Waals surface area contributed by atoms with Crippen molar-refractivity contribution in [1.82, 2.24) is 15.0 Å². The Balaban J connectivity index is 1.90. The molecule has 4 nitrogen and oxygen atoms in total. The number of aromatic nitrogens is 3. The van der Waals surface area contributed by atoms with E-state index in [1.165, 1.54) is 12.1 Å². The Kier molecular flexibility index (Phi) is 4.39. The molecule has 0 radical (unpaired) electrons.